The van der Waals surface area contributed by atoms with Gasteiger partial charge in [-0.2, -0.15) is 0 Å². The number of aliphatic hydroxyl groups excluding tert-OH is 1. The van der Waals surface area contributed by atoms with Gasteiger partial charge in [0.25, 0.3) is 0 Å². The Morgan fingerprint density at radius 3 is 2.86 bits per heavy atom. The molecule has 22 heavy (non-hydrogen) atoms. The van der Waals surface area contributed by atoms with E-state index < -0.39 is 0 Å². The summed E-state index contributed by atoms with van der Waals surface area (Å²) in [5, 5.41) is 10.9. The summed E-state index contributed by atoms with van der Waals surface area (Å²) in [6.07, 6.45) is 6.71. The number of hydrogen-bond acceptors (Lipinski definition) is 3. The fourth-order valence-corrected chi connectivity index (χ4v) is 4.87. The molecule has 5 rings (SSSR count). The van der Waals surface area contributed by atoms with Crippen molar-refractivity contribution in [2.45, 2.75) is 31.4 Å². The molecule has 3 atom stereocenters. The van der Waals surface area contributed by atoms with E-state index in [1.165, 1.54) is 16.8 Å². The first kappa shape index (κ1) is 12.9. The van der Waals surface area contributed by atoms with Crippen LogP contribution in [0, 0.1) is 11.3 Å². The minimum absolute atomic E-state index is 0.0984. The Morgan fingerprint density at radius 2 is 2.05 bits per heavy atom. The van der Waals surface area contributed by atoms with Crippen molar-refractivity contribution in [3.63, 3.8) is 0 Å². The highest BCUT2D eigenvalue weighted by atomic mass is 16.5. The second-order valence-corrected chi connectivity index (χ2v) is 7.01. The van der Waals surface area contributed by atoms with E-state index in [2.05, 4.69) is 33.8 Å². The van der Waals surface area contributed by atoms with Crippen LogP contribution in [0.3, 0.4) is 0 Å². The third kappa shape index (κ3) is 1.52. The van der Waals surface area contributed by atoms with Gasteiger partial charge in [-0.05, 0) is 24.8 Å². The summed E-state index contributed by atoms with van der Waals surface area (Å²) in [5.41, 5.74) is 3.89. The number of imidazole rings is 1. The molecular weight excluding hydrogens is 276 g/mol. The molecular formula is C18H20N2O2. The lowest BCUT2D eigenvalue weighted by molar-refractivity contribution is -0.173. The van der Waals surface area contributed by atoms with Gasteiger partial charge in [-0.1, -0.05) is 24.3 Å². The molecule has 3 aliphatic rings. The first-order chi connectivity index (χ1) is 10.8. The van der Waals surface area contributed by atoms with Crippen LogP contribution in [0.15, 0.2) is 36.8 Å². The van der Waals surface area contributed by atoms with E-state index in [4.69, 9.17) is 4.74 Å². The Labute approximate surface area is 129 Å². The van der Waals surface area contributed by atoms with Crippen LogP contribution < -0.4 is 0 Å². The van der Waals surface area contributed by atoms with Crippen LogP contribution in [0.5, 0.6) is 0 Å². The molecule has 1 spiro atoms. The summed E-state index contributed by atoms with van der Waals surface area (Å²) >= 11 is 0. The quantitative estimate of drug-likeness (QED) is 0.880. The van der Waals surface area contributed by atoms with E-state index >= 15 is 0 Å². The SMILES string of the molecule is O[C@@H]1[C@H]([C@@H]2c3ccccc3-c3cncn32)CC12CCOCC2. The third-order valence-electron chi connectivity index (χ3n) is 6.09. The van der Waals surface area contributed by atoms with Crippen molar-refractivity contribution in [1.82, 2.24) is 9.55 Å². The Kier molecular flexibility index (Phi) is 2.59. The smallest absolute Gasteiger partial charge is 0.0956 e. The highest BCUT2D eigenvalue weighted by Gasteiger charge is 2.57. The van der Waals surface area contributed by atoms with Gasteiger partial charge in [-0.15, -0.1) is 0 Å². The number of aliphatic hydroxyl groups is 1. The van der Waals surface area contributed by atoms with Gasteiger partial charge in [0.05, 0.1) is 30.4 Å². The van der Waals surface area contributed by atoms with Gasteiger partial charge in [-0.3, -0.25) is 0 Å². The van der Waals surface area contributed by atoms with Crippen molar-refractivity contribution in [1.29, 1.82) is 0 Å². The normalized spacial score (nSPS) is 31.6. The molecule has 1 aliphatic carbocycles. The number of fused-ring (bicyclic) bond motifs is 3. The van der Waals surface area contributed by atoms with E-state index in [0.717, 1.165) is 32.5 Å². The summed E-state index contributed by atoms with van der Waals surface area (Å²) in [4.78, 5) is 4.32. The molecule has 1 saturated heterocycles. The maximum Gasteiger partial charge on any atom is 0.0956 e. The lowest BCUT2D eigenvalue weighted by Gasteiger charge is -2.56. The number of benzene rings is 1. The third-order valence-corrected chi connectivity index (χ3v) is 6.09. The summed E-state index contributed by atoms with van der Waals surface area (Å²) in [6, 6.07) is 8.78. The Bertz CT molecular complexity index is 717. The molecule has 1 N–H and O–H groups in total. The lowest BCUT2D eigenvalue weighted by atomic mass is 9.53. The largest absolute Gasteiger partial charge is 0.392 e. The second kappa shape index (κ2) is 4.43. The Morgan fingerprint density at radius 1 is 1.23 bits per heavy atom. The van der Waals surface area contributed by atoms with Crippen molar-refractivity contribution in [3.05, 3.63) is 42.4 Å². The van der Waals surface area contributed by atoms with Crippen molar-refractivity contribution in [3.8, 4) is 11.3 Å². The fourth-order valence-electron chi connectivity index (χ4n) is 4.87. The van der Waals surface area contributed by atoms with Gasteiger partial charge >= 0.3 is 0 Å². The molecule has 2 aliphatic heterocycles. The minimum atomic E-state index is -0.234. The number of rotatable bonds is 1. The molecule has 1 saturated carbocycles. The molecule has 4 nitrogen and oxygen atoms in total. The molecule has 4 heteroatoms. The highest BCUT2D eigenvalue weighted by Crippen LogP contribution is 2.59. The zero-order valence-electron chi connectivity index (χ0n) is 12.5. The number of ether oxygens (including phenoxy) is 1. The van der Waals surface area contributed by atoms with E-state index in [0.29, 0.717) is 0 Å². The molecule has 0 radical (unpaired) electrons. The Hall–Kier alpha value is -1.65. The summed E-state index contributed by atoms with van der Waals surface area (Å²) in [5.74, 6) is 0.287. The number of aromatic nitrogens is 2. The zero-order valence-corrected chi connectivity index (χ0v) is 12.5. The Balaban J connectivity index is 1.52. The highest BCUT2D eigenvalue weighted by molar-refractivity contribution is 5.69. The fraction of sp³-hybridized carbons (Fsp3) is 0.500. The maximum atomic E-state index is 10.9. The van der Waals surface area contributed by atoms with E-state index in [9.17, 15) is 5.11 Å². The lowest BCUT2D eigenvalue weighted by Crippen LogP contribution is -2.57. The average Bonchev–Trinajstić information content (AvgIpc) is 3.14. The van der Waals surface area contributed by atoms with Gasteiger partial charge < -0.3 is 14.4 Å². The van der Waals surface area contributed by atoms with Crippen LogP contribution in [0.25, 0.3) is 11.3 Å². The molecule has 0 unspecified atom stereocenters. The van der Waals surface area contributed by atoms with E-state index in [1.807, 2.05) is 12.5 Å². The van der Waals surface area contributed by atoms with Gasteiger partial charge in [0.15, 0.2) is 0 Å². The molecule has 1 aromatic carbocycles. The van der Waals surface area contributed by atoms with Crippen LogP contribution >= 0.6 is 0 Å². The predicted molar refractivity (Wildman–Crippen MR) is 82.4 cm³/mol. The molecule has 0 amide bonds. The number of hydrogen-bond donors (Lipinski definition) is 1. The first-order valence-corrected chi connectivity index (χ1v) is 8.17. The summed E-state index contributed by atoms with van der Waals surface area (Å²) in [7, 11) is 0. The molecule has 2 fully saturated rings. The van der Waals surface area contributed by atoms with Crippen molar-refractivity contribution in [2.75, 3.05) is 13.2 Å². The zero-order chi connectivity index (χ0) is 14.7. The van der Waals surface area contributed by atoms with Gasteiger partial charge in [0, 0.05) is 30.1 Å². The molecule has 0 bridgehead atoms. The van der Waals surface area contributed by atoms with E-state index in [1.54, 1.807) is 0 Å². The van der Waals surface area contributed by atoms with Crippen molar-refractivity contribution >= 4 is 0 Å². The molecule has 2 aromatic rings. The molecule has 114 valence electrons. The van der Waals surface area contributed by atoms with Crippen LogP contribution in [-0.2, 0) is 4.74 Å². The summed E-state index contributed by atoms with van der Waals surface area (Å²) in [6.45, 7) is 1.59. The van der Waals surface area contributed by atoms with E-state index in [-0.39, 0.29) is 23.5 Å². The number of nitrogens with zero attached hydrogens (tertiary/aromatic N) is 2. The average molecular weight is 296 g/mol. The topological polar surface area (TPSA) is 47.3 Å². The van der Waals surface area contributed by atoms with Crippen LogP contribution in [0.2, 0.25) is 0 Å². The van der Waals surface area contributed by atoms with Crippen molar-refractivity contribution < 1.29 is 9.84 Å². The van der Waals surface area contributed by atoms with Crippen LogP contribution in [-0.4, -0.2) is 34.0 Å². The van der Waals surface area contributed by atoms with Gasteiger partial charge in [-0.25, -0.2) is 4.98 Å². The molecule has 1 aromatic heterocycles. The van der Waals surface area contributed by atoms with Crippen LogP contribution in [0.1, 0.15) is 30.9 Å². The monoisotopic (exact) mass is 296 g/mol. The van der Waals surface area contributed by atoms with Crippen molar-refractivity contribution in [2.24, 2.45) is 11.3 Å². The predicted octanol–water partition coefficient (Wildman–Crippen LogP) is 2.63. The van der Waals surface area contributed by atoms with Gasteiger partial charge in [0.1, 0.15) is 0 Å². The molecule has 3 heterocycles. The summed E-state index contributed by atoms with van der Waals surface area (Å²) < 4.78 is 7.74. The minimum Gasteiger partial charge on any atom is -0.392 e. The van der Waals surface area contributed by atoms with Gasteiger partial charge in [0.2, 0.25) is 0 Å². The van der Waals surface area contributed by atoms with Crippen LogP contribution in [0.4, 0.5) is 0 Å². The second-order valence-electron chi connectivity index (χ2n) is 7.01. The standard InChI is InChI=1S/C18H20N2O2/c21-17-14(9-18(17)5-7-22-8-6-18)16-13-4-2-1-3-12(13)15-10-19-11-20(15)16/h1-4,10-11,14,16-17,21H,5-9H2/t14-,16-,17+/m0/s1. The first-order valence-electron chi connectivity index (χ1n) is 8.17. The maximum absolute atomic E-state index is 10.9.